The second kappa shape index (κ2) is 12.9. The summed E-state index contributed by atoms with van der Waals surface area (Å²) < 4.78 is 0. The second-order valence-electron chi connectivity index (χ2n) is 8.93. The van der Waals surface area contributed by atoms with Crippen LogP contribution in [0.5, 0.6) is 0 Å². The Labute approximate surface area is 204 Å². The van der Waals surface area contributed by atoms with Crippen LogP contribution in [-0.4, -0.2) is 23.5 Å². The third-order valence-electron chi connectivity index (χ3n) is 6.17. The van der Waals surface area contributed by atoms with Crippen LogP contribution >= 0.6 is 0 Å². The lowest BCUT2D eigenvalue weighted by atomic mass is 9.79. The van der Waals surface area contributed by atoms with Crippen LogP contribution < -0.4 is 10.6 Å². The van der Waals surface area contributed by atoms with Gasteiger partial charge in [0.2, 0.25) is 11.8 Å². The lowest BCUT2D eigenvalue weighted by molar-refractivity contribution is -0.134. The molecule has 2 aromatic rings. The third kappa shape index (κ3) is 7.16. The Morgan fingerprint density at radius 3 is 2.29 bits per heavy atom. The van der Waals surface area contributed by atoms with Gasteiger partial charge < -0.3 is 15.7 Å². The van der Waals surface area contributed by atoms with Crippen molar-refractivity contribution in [1.82, 2.24) is 10.6 Å². The van der Waals surface area contributed by atoms with Crippen molar-refractivity contribution in [3.8, 4) is 0 Å². The molecule has 3 N–H and O–H groups in total. The molecule has 2 aromatic carbocycles. The molecule has 34 heavy (non-hydrogen) atoms. The van der Waals surface area contributed by atoms with Gasteiger partial charge in [-0.25, -0.2) is 0 Å². The Hall–Kier alpha value is -3.18. The fraction of sp³-hybridized carbons (Fsp3) is 0.379. The zero-order valence-corrected chi connectivity index (χ0v) is 20.9. The SMILES string of the molecule is C=C(NC(=O)/C=C(\C)c1ccccc1)c1cc(CNC(=O)C(CO)(CCC)CCC)ccc1C. The summed E-state index contributed by atoms with van der Waals surface area (Å²) in [4.78, 5) is 25.5. The van der Waals surface area contributed by atoms with Crippen LogP contribution in [0.1, 0.15) is 68.7 Å². The molecule has 0 aliphatic carbocycles. The van der Waals surface area contributed by atoms with E-state index in [0.717, 1.165) is 40.7 Å². The Bertz CT molecular complexity index is 1020. The lowest BCUT2D eigenvalue weighted by Crippen LogP contribution is -2.43. The molecule has 0 radical (unpaired) electrons. The maximum Gasteiger partial charge on any atom is 0.248 e. The van der Waals surface area contributed by atoms with Gasteiger partial charge in [0.25, 0.3) is 0 Å². The summed E-state index contributed by atoms with van der Waals surface area (Å²) in [7, 11) is 0. The Morgan fingerprint density at radius 2 is 1.71 bits per heavy atom. The number of allylic oxidation sites excluding steroid dienone is 1. The standard InChI is InChI=1S/C29H38N2O3/c1-6-15-29(20-32,16-7-2)28(34)30-19-24-14-13-21(3)26(18-24)23(5)31-27(33)17-22(4)25-11-9-8-10-12-25/h8-14,17-18,32H,5-7,15-16,19-20H2,1-4H3,(H,30,34)(H,31,33)/b22-17+. The highest BCUT2D eigenvalue weighted by Crippen LogP contribution is 2.30. The number of amides is 2. The van der Waals surface area contributed by atoms with Gasteiger partial charge in [0.05, 0.1) is 12.0 Å². The number of aliphatic hydroxyl groups is 1. The lowest BCUT2D eigenvalue weighted by Gasteiger charge is -2.30. The molecule has 0 unspecified atom stereocenters. The first-order chi connectivity index (χ1) is 16.3. The minimum atomic E-state index is -0.739. The van der Waals surface area contributed by atoms with Crippen LogP contribution in [0.2, 0.25) is 0 Å². The number of aryl methyl sites for hydroxylation is 1. The van der Waals surface area contributed by atoms with Gasteiger partial charge in [0.1, 0.15) is 0 Å². The number of rotatable bonds is 12. The zero-order valence-electron chi connectivity index (χ0n) is 20.9. The van der Waals surface area contributed by atoms with Crippen molar-refractivity contribution in [3.05, 3.63) is 83.4 Å². The Balaban J connectivity index is 2.09. The molecular weight excluding hydrogens is 424 g/mol. The minimum absolute atomic E-state index is 0.116. The topological polar surface area (TPSA) is 78.4 Å². The highest BCUT2D eigenvalue weighted by atomic mass is 16.3. The van der Waals surface area contributed by atoms with Crippen LogP contribution in [0.4, 0.5) is 0 Å². The highest BCUT2D eigenvalue weighted by molar-refractivity contribution is 5.99. The second-order valence-corrected chi connectivity index (χ2v) is 8.93. The first-order valence-electron chi connectivity index (χ1n) is 12.0. The van der Waals surface area contributed by atoms with E-state index in [9.17, 15) is 14.7 Å². The van der Waals surface area contributed by atoms with Crippen LogP contribution in [-0.2, 0) is 16.1 Å². The predicted molar refractivity (Wildman–Crippen MR) is 140 cm³/mol. The van der Waals surface area contributed by atoms with Crippen molar-refractivity contribution in [2.24, 2.45) is 5.41 Å². The predicted octanol–water partition coefficient (Wildman–Crippen LogP) is 5.38. The van der Waals surface area contributed by atoms with E-state index < -0.39 is 5.41 Å². The molecule has 2 rings (SSSR count). The zero-order chi connectivity index (χ0) is 25.1. The normalized spacial score (nSPS) is 11.7. The first kappa shape index (κ1) is 27.1. The summed E-state index contributed by atoms with van der Waals surface area (Å²) in [6.07, 6.45) is 4.54. The summed E-state index contributed by atoms with van der Waals surface area (Å²) in [5.41, 5.74) is 4.33. The van der Waals surface area contributed by atoms with Gasteiger partial charge in [0, 0.05) is 23.9 Å². The van der Waals surface area contributed by atoms with Gasteiger partial charge in [-0.15, -0.1) is 0 Å². The fourth-order valence-corrected chi connectivity index (χ4v) is 4.25. The molecule has 0 aliphatic heterocycles. The monoisotopic (exact) mass is 462 g/mol. The Kier molecular flexibility index (Phi) is 10.3. The Morgan fingerprint density at radius 1 is 1.06 bits per heavy atom. The minimum Gasteiger partial charge on any atom is -0.395 e. The average molecular weight is 463 g/mol. The average Bonchev–Trinajstić information content (AvgIpc) is 2.83. The van der Waals surface area contributed by atoms with E-state index in [2.05, 4.69) is 17.2 Å². The third-order valence-corrected chi connectivity index (χ3v) is 6.17. The molecule has 0 bridgehead atoms. The molecule has 0 aromatic heterocycles. The van der Waals surface area contributed by atoms with Gasteiger partial charge in [-0.2, -0.15) is 0 Å². The van der Waals surface area contributed by atoms with E-state index in [1.165, 1.54) is 0 Å². The van der Waals surface area contributed by atoms with Crippen LogP contribution in [0.25, 0.3) is 11.3 Å². The van der Waals surface area contributed by atoms with Gasteiger partial charge in [-0.3, -0.25) is 9.59 Å². The van der Waals surface area contributed by atoms with Gasteiger partial charge in [0.15, 0.2) is 0 Å². The van der Waals surface area contributed by atoms with E-state index in [1.807, 2.05) is 76.2 Å². The largest absolute Gasteiger partial charge is 0.395 e. The van der Waals surface area contributed by atoms with Crippen LogP contribution in [0.15, 0.2) is 61.2 Å². The number of hydrogen-bond acceptors (Lipinski definition) is 3. The van der Waals surface area contributed by atoms with Crippen molar-refractivity contribution in [3.63, 3.8) is 0 Å². The molecule has 0 spiro atoms. The maximum atomic E-state index is 12.9. The van der Waals surface area contributed by atoms with E-state index in [4.69, 9.17) is 0 Å². The van der Waals surface area contributed by atoms with Crippen molar-refractivity contribution in [2.75, 3.05) is 6.61 Å². The molecule has 0 aliphatic rings. The van der Waals surface area contributed by atoms with Gasteiger partial charge in [-0.1, -0.05) is 75.7 Å². The fourth-order valence-electron chi connectivity index (χ4n) is 4.25. The molecule has 0 saturated heterocycles. The van der Waals surface area contributed by atoms with Crippen LogP contribution in [0, 0.1) is 12.3 Å². The molecular formula is C29H38N2O3. The number of aliphatic hydroxyl groups excluding tert-OH is 1. The molecule has 0 saturated carbocycles. The summed E-state index contributed by atoms with van der Waals surface area (Å²) >= 11 is 0. The highest BCUT2D eigenvalue weighted by Gasteiger charge is 2.35. The maximum absolute atomic E-state index is 12.9. The van der Waals surface area contributed by atoms with Crippen molar-refractivity contribution in [2.45, 2.75) is 59.9 Å². The number of carbonyl (C=O) groups excluding carboxylic acids is 2. The summed E-state index contributed by atoms with van der Waals surface area (Å²) in [6, 6.07) is 15.6. The quantitative estimate of drug-likeness (QED) is 0.371. The molecule has 0 fully saturated rings. The molecule has 5 heteroatoms. The molecule has 5 nitrogen and oxygen atoms in total. The smallest absolute Gasteiger partial charge is 0.248 e. The molecule has 2 amide bonds. The van der Waals surface area contributed by atoms with Crippen molar-refractivity contribution >= 4 is 23.1 Å². The molecule has 182 valence electrons. The molecule has 0 heterocycles. The van der Waals surface area contributed by atoms with E-state index >= 15 is 0 Å². The van der Waals surface area contributed by atoms with Gasteiger partial charge >= 0.3 is 0 Å². The van der Waals surface area contributed by atoms with Gasteiger partial charge in [-0.05, 0) is 55.0 Å². The van der Waals surface area contributed by atoms with E-state index in [1.54, 1.807) is 6.08 Å². The van der Waals surface area contributed by atoms with Crippen molar-refractivity contribution < 1.29 is 14.7 Å². The first-order valence-corrected chi connectivity index (χ1v) is 12.0. The number of carbonyl (C=O) groups is 2. The number of hydrogen-bond donors (Lipinski definition) is 3. The van der Waals surface area contributed by atoms with Crippen molar-refractivity contribution in [1.29, 1.82) is 0 Å². The number of benzene rings is 2. The van der Waals surface area contributed by atoms with E-state index in [-0.39, 0.29) is 18.4 Å². The summed E-state index contributed by atoms with van der Waals surface area (Å²) in [5, 5.41) is 15.8. The van der Waals surface area contributed by atoms with E-state index in [0.29, 0.717) is 25.1 Å². The summed E-state index contributed by atoms with van der Waals surface area (Å²) in [5.74, 6) is -0.356. The number of nitrogens with one attached hydrogen (secondary N) is 2. The molecule has 0 atom stereocenters. The summed E-state index contributed by atoms with van der Waals surface area (Å²) in [6.45, 7) is 12.2. The van der Waals surface area contributed by atoms with Crippen LogP contribution in [0.3, 0.4) is 0 Å².